The van der Waals surface area contributed by atoms with Crippen molar-refractivity contribution in [3.8, 4) is 17.2 Å². The van der Waals surface area contributed by atoms with Gasteiger partial charge in [0.25, 0.3) is 0 Å². The van der Waals surface area contributed by atoms with Gasteiger partial charge in [-0.25, -0.2) is 0 Å². The predicted octanol–water partition coefficient (Wildman–Crippen LogP) is 9.06. The highest BCUT2D eigenvalue weighted by Gasteiger charge is 2.45. The number of carbonyl (C=O) groups is 4. The molecule has 1 aliphatic heterocycles. The van der Waals surface area contributed by atoms with Crippen molar-refractivity contribution in [2.45, 2.75) is 115 Å². The lowest BCUT2D eigenvalue weighted by Crippen LogP contribution is -2.58. The summed E-state index contributed by atoms with van der Waals surface area (Å²) < 4.78 is 29.9. The van der Waals surface area contributed by atoms with E-state index in [0.717, 1.165) is 91.2 Å². The van der Waals surface area contributed by atoms with Gasteiger partial charge in [-0.15, -0.1) is 0 Å². The van der Waals surface area contributed by atoms with E-state index in [-0.39, 0.29) is 61.1 Å². The molecule has 0 bridgehead atoms. The zero-order valence-corrected chi connectivity index (χ0v) is 47.0. The van der Waals surface area contributed by atoms with Crippen molar-refractivity contribution in [2.24, 2.45) is 5.92 Å². The lowest BCUT2D eigenvalue weighted by Gasteiger charge is -2.35. The molecular formula is C65H81N5O10. The normalized spacial score (nSPS) is 18.3. The second-order valence-electron chi connectivity index (χ2n) is 21.2. The molecule has 0 spiro atoms. The van der Waals surface area contributed by atoms with Crippen LogP contribution < -0.4 is 25.4 Å². The number of nitrogens with zero attached hydrogens (tertiary/aromatic N) is 2. The summed E-state index contributed by atoms with van der Waals surface area (Å²) in [4.78, 5) is 58.6. The fourth-order valence-corrected chi connectivity index (χ4v) is 11.1. The first kappa shape index (κ1) is 59.1. The first-order chi connectivity index (χ1) is 39.0. The van der Waals surface area contributed by atoms with Crippen LogP contribution in [0.25, 0.3) is 11.1 Å². The van der Waals surface area contributed by atoms with Gasteiger partial charge in [0.2, 0.25) is 23.6 Å². The van der Waals surface area contributed by atoms with Gasteiger partial charge in [-0.2, -0.15) is 0 Å². The Morgan fingerprint density at radius 2 is 1.44 bits per heavy atom. The molecule has 1 saturated heterocycles. The van der Waals surface area contributed by atoms with E-state index in [9.17, 15) is 24.3 Å². The van der Waals surface area contributed by atoms with Crippen molar-refractivity contribution in [2.75, 3.05) is 66.8 Å². The van der Waals surface area contributed by atoms with Crippen LogP contribution in [0, 0.1) is 5.92 Å². The van der Waals surface area contributed by atoms with Crippen molar-refractivity contribution in [1.29, 1.82) is 0 Å². The molecule has 1 saturated carbocycles. The zero-order valence-electron chi connectivity index (χ0n) is 47.0. The number of fused-ring (bicyclic) bond motifs is 1. The summed E-state index contributed by atoms with van der Waals surface area (Å²) in [6.45, 7) is 6.29. The van der Waals surface area contributed by atoms with Gasteiger partial charge in [-0.05, 0) is 139 Å². The number of likely N-dealkylation sites (tertiary alicyclic amines) is 1. The van der Waals surface area contributed by atoms with Crippen LogP contribution in [-0.4, -0.2) is 130 Å². The molecule has 4 amide bonds. The molecule has 4 N–H and O–H groups in total. The zero-order chi connectivity index (χ0) is 56.2. The van der Waals surface area contributed by atoms with E-state index >= 15 is 0 Å². The average Bonchev–Trinajstić information content (AvgIpc) is 3.92. The third-order valence-corrected chi connectivity index (χ3v) is 15.7. The summed E-state index contributed by atoms with van der Waals surface area (Å²) in [5.74, 6) is 0.649. The molecule has 0 radical (unpaired) electrons. The largest absolute Gasteiger partial charge is 0.508 e. The smallest absolute Gasteiger partial charge is 0.248 e. The van der Waals surface area contributed by atoms with Gasteiger partial charge < -0.3 is 54.5 Å². The summed E-state index contributed by atoms with van der Waals surface area (Å²) in [5.41, 5.74) is 8.73. The molecule has 15 nitrogen and oxygen atoms in total. The van der Waals surface area contributed by atoms with Gasteiger partial charge in [-0.1, -0.05) is 117 Å². The molecule has 5 atom stereocenters. The number of ether oxygens (including phenoxy) is 5. The molecule has 5 aromatic carbocycles. The molecule has 426 valence electrons. The van der Waals surface area contributed by atoms with Crippen LogP contribution in [0.2, 0.25) is 0 Å². The van der Waals surface area contributed by atoms with Crippen molar-refractivity contribution in [3.05, 3.63) is 161 Å². The maximum Gasteiger partial charge on any atom is 0.248 e. The number of hydrogen-bond donors (Lipinski definition) is 4. The third kappa shape index (κ3) is 16.3. The number of likely N-dealkylation sites (N-methyl/N-ethyl adjacent to an activating group) is 2. The monoisotopic (exact) mass is 1090 g/mol. The van der Waals surface area contributed by atoms with E-state index in [1.165, 1.54) is 11.1 Å². The SMILES string of the molecule is CC/C(=C(\c1ccc(O)cc1)c1ccc(OCCN(C)C(=O)COCCOCCOCc2cccc(O[C@H]3C[C@@H](C(=O)N[C@@H]4CCCc5ccccc54)N(C(=O)[C@@H](NC(=O)[C@H](C)NC)C4CCCCC4)C3)c2)cc1)c1ccccc1. The number of hydrogen-bond acceptors (Lipinski definition) is 11. The highest BCUT2D eigenvalue weighted by molar-refractivity contribution is 5.99. The van der Waals surface area contributed by atoms with E-state index in [1.807, 2.05) is 91.0 Å². The van der Waals surface area contributed by atoms with Gasteiger partial charge >= 0.3 is 0 Å². The minimum Gasteiger partial charge on any atom is -0.508 e. The highest BCUT2D eigenvalue weighted by atomic mass is 16.5. The van der Waals surface area contributed by atoms with E-state index < -0.39 is 24.2 Å². The van der Waals surface area contributed by atoms with Crippen LogP contribution in [0.3, 0.4) is 0 Å². The van der Waals surface area contributed by atoms with Crippen LogP contribution in [0.1, 0.15) is 111 Å². The van der Waals surface area contributed by atoms with Gasteiger partial charge in [0.1, 0.15) is 48.6 Å². The summed E-state index contributed by atoms with van der Waals surface area (Å²) >= 11 is 0. The van der Waals surface area contributed by atoms with Gasteiger partial charge in [0.15, 0.2) is 0 Å². The van der Waals surface area contributed by atoms with E-state index in [2.05, 4.69) is 47.1 Å². The Hall–Kier alpha value is -7.04. The number of aryl methyl sites for hydroxylation is 1. The summed E-state index contributed by atoms with van der Waals surface area (Å²) in [5, 5.41) is 19.4. The molecule has 8 rings (SSSR count). The first-order valence-corrected chi connectivity index (χ1v) is 28.7. The number of allylic oxidation sites excluding steroid dienone is 1. The van der Waals surface area contributed by atoms with Crippen LogP contribution in [0.4, 0.5) is 0 Å². The molecule has 1 heterocycles. The maximum absolute atomic E-state index is 14.8. The van der Waals surface area contributed by atoms with Crippen molar-refractivity contribution in [3.63, 3.8) is 0 Å². The molecule has 3 aliphatic rings. The lowest BCUT2D eigenvalue weighted by molar-refractivity contribution is -0.143. The Kier molecular flexibility index (Phi) is 22.1. The Morgan fingerprint density at radius 3 is 2.17 bits per heavy atom. The molecule has 15 heteroatoms. The first-order valence-electron chi connectivity index (χ1n) is 28.7. The van der Waals surface area contributed by atoms with E-state index in [0.29, 0.717) is 57.5 Å². The Morgan fingerprint density at radius 1 is 0.738 bits per heavy atom. The standard InChI is InChI=1S/C65H81N5O10/c1-5-56(47-17-8-6-9-18-47)61(49-26-30-52(71)31-27-49)50-28-32-53(33-29-50)79-35-34-69(4)60(72)44-78-39-37-76-36-38-77-43-46-16-14-23-54(40-46)80-55-41-59(64(74)67-58-25-15-22-48-19-12-13-24-57(48)58)70(42-55)65(75)62(51-20-10-7-11-21-51)68-63(73)45(2)66-3/h6,8-9,12-14,16-19,23-24,26-33,40,45,51,55,58-59,62,66,71H,5,7,10-11,15,20-22,25,34-39,41-44H2,1-4H3,(H,67,74)(H,68,73)/b61-56-/t45-,55-,58+,59-,62-/m0/s1. The Labute approximate surface area is 472 Å². The molecule has 2 aliphatic carbocycles. The number of phenols is 1. The minimum atomic E-state index is -0.774. The number of aromatic hydroxyl groups is 1. The van der Waals surface area contributed by atoms with Gasteiger partial charge in [-0.3, -0.25) is 19.2 Å². The van der Waals surface area contributed by atoms with Gasteiger partial charge in [0, 0.05) is 13.5 Å². The Balaban J connectivity index is 0.758. The number of phenolic OH excluding ortho intramolecular Hbond substituents is 1. The molecule has 2 fully saturated rings. The highest BCUT2D eigenvalue weighted by Crippen LogP contribution is 2.37. The molecular weight excluding hydrogens is 1010 g/mol. The third-order valence-electron chi connectivity index (χ3n) is 15.7. The number of benzene rings is 5. The predicted molar refractivity (Wildman–Crippen MR) is 310 cm³/mol. The maximum atomic E-state index is 14.8. The van der Waals surface area contributed by atoms with E-state index in [4.69, 9.17) is 23.7 Å². The molecule has 5 aromatic rings. The van der Waals surface area contributed by atoms with Gasteiger partial charge in [0.05, 0.1) is 58.2 Å². The number of amides is 4. The number of rotatable bonds is 27. The van der Waals surface area contributed by atoms with Crippen molar-refractivity contribution < 1.29 is 48.0 Å². The van der Waals surface area contributed by atoms with Crippen molar-refractivity contribution >= 4 is 34.8 Å². The fraction of sp³-hybridized carbons (Fsp3) is 0.446. The number of carbonyl (C=O) groups excluding carboxylic acids is 4. The van der Waals surface area contributed by atoms with Crippen LogP contribution in [0.15, 0.2) is 127 Å². The summed E-state index contributed by atoms with van der Waals surface area (Å²) in [6.07, 6.45) is 8.17. The van der Waals surface area contributed by atoms with Crippen LogP contribution >= 0.6 is 0 Å². The lowest BCUT2D eigenvalue weighted by atomic mass is 9.83. The molecule has 0 aromatic heterocycles. The second kappa shape index (κ2) is 30.0. The van der Waals surface area contributed by atoms with Crippen LogP contribution in [-0.2, 0) is 46.4 Å². The van der Waals surface area contributed by atoms with E-state index in [1.54, 1.807) is 43.0 Å². The Bertz CT molecular complexity index is 2820. The summed E-state index contributed by atoms with van der Waals surface area (Å²) in [7, 11) is 3.45. The topological polar surface area (TPSA) is 177 Å². The van der Waals surface area contributed by atoms with Crippen LogP contribution in [0.5, 0.6) is 17.2 Å². The summed E-state index contributed by atoms with van der Waals surface area (Å²) in [6, 6.07) is 39.3. The van der Waals surface area contributed by atoms with Crippen molar-refractivity contribution in [1.82, 2.24) is 25.8 Å². The number of nitrogens with one attached hydrogen (secondary N) is 3. The quantitative estimate of drug-likeness (QED) is 0.0292. The average molecular weight is 1090 g/mol. The fourth-order valence-electron chi connectivity index (χ4n) is 11.1. The molecule has 0 unspecified atom stereocenters. The second-order valence-corrected chi connectivity index (χ2v) is 21.2. The minimum absolute atomic E-state index is 0.0227. The molecule has 80 heavy (non-hydrogen) atoms.